The van der Waals surface area contributed by atoms with E-state index in [4.69, 9.17) is 0 Å². The molecule has 2 aromatic carbocycles. The lowest BCUT2D eigenvalue weighted by Gasteiger charge is -2.07. The van der Waals surface area contributed by atoms with Crippen molar-refractivity contribution < 1.29 is 0 Å². The van der Waals surface area contributed by atoms with Gasteiger partial charge in [0.25, 0.3) is 0 Å². The molecule has 0 spiro atoms. The number of hydrogen-bond donors (Lipinski definition) is 0. The Morgan fingerprint density at radius 3 is 2.59 bits per heavy atom. The van der Waals surface area contributed by atoms with Gasteiger partial charge in [0.15, 0.2) is 0 Å². The van der Waals surface area contributed by atoms with E-state index in [2.05, 4.69) is 74.5 Å². The lowest BCUT2D eigenvalue weighted by molar-refractivity contribution is 1.22. The van der Waals surface area contributed by atoms with E-state index in [0.29, 0.717) is 0 Å². The van der Waals surface area contributed by atoms with E-state index in [1.807, 2.05) is 0 Å². The molecule has 0 saturated carbocycles. The van der Waals surface area contributed by atoms with Crippen molar-refractivity contribution in [2.75, 3.05) is 0 Å². The molecule has 0 fully saturated rings. The van der Waals surface area contributed by atoms with Gasteiger partial charge in [-0.05, 0) is 35.3 Å². The van der Waals surface area contributed by atoms with Gasteiger partial charge < -0.3 is 0 Å². The van der Waals surface area contributed by atoms with E-state index in [0.717, 1.165) is 6.42 Å². The van der Waals surface area contributed by atoms with Crippen LogP contribution < -0.4 is 0 Å². The standard InChI is InChI=1S/C17H18/c1-3-5-9-14(4-2)16-13-8-11-15-10-6-7-12-17(15)16/h4-13H,3H2,1-2H3/b9-5-,14-4+. The second kappa shape index (κ2) is 5.49. The Morgan fingerprint density at radius 1 is 1.06 bits per heavy atom. The van der Waals surface area contributed by atoms with Gasteiger partial charge >= 0.3 is 0 Å². The second-order valence-corrected chi connectivity index (χ2v) is 4.08. The molecule has 0 aromatic heterocycles. The van der Waals surface area contributed by atoms with Gasteiger partial charge in [-0.2, -0.15) is 0 Å². The third kappa shape index (κ3) is 2.47. The van der Waals surface area contributed by atoms with Gasteiger partial charge in [0, 0.05) is 0 Å². The average Bonchev–Trinajstić information content (AvgIpc) is 2.40. The molecule has 0 heterocycles. The first-order chi connectivity index (χ1) is 8.36. The molecule has 0 heteroatoms. The first kappa shape index (κ1) is 11.7. The first-order valence-corrected chi connectivity index (χ1v) is 6.17. The molecule has 17 heavy (non-hydrogen) atoms. The molecule has 2 rings (SSSR count). The summed E-state index contributed by atoms with van der Waals surface area (Å²) in [6, 6.07) is 15.0. The summed E-state index contributed by atoms with van der Waals surface area (Å²) in [6.45, 7) is 4.25. The summed E-state index contributed by atoms with van der Waals surface area (Å²) in [5, 5.41) is 2.62. The zero-order chi connectivity index (χ0) is 12.1. The topological polar surface area (TPSA) is 0 Å². The number of rotatable bonds is 3. The highest BCUT2D eigenvalue weighted by molar-refractivity contribution is 5.95. The fourth-order valence-corrected chi connectivity index (χ4v) is 2.06. The molecule has 0 saturated heterocycles. The lowest BCUT2D eigenvalue weighted by atomic mass is 9.97. The van der Waals surface area contributed by atoms with Gasteiger partial charge in [0.2, 0.25) is 0 Å². The molecule has 0 amide bonds. The van der Waals surface area contributed by atoms with E-state index in [1.54, 1.807) is 0 Å². The van der Waals surface area contributed by atoms with Crippen LogP contribution in [0.5, 0.6) is 0 Å². The van der Waals surface area contributed by atoms with Crippen molar-refractivity contribution in [2.24, 2.45) is 0 Å². The first-order valence-electron chi connectivity index (χ1n) is 6.17. The summed E-state index contributed by atoms with van der Waals surface area (Å²) >= 11 is 0. The third-order valence-electron chi connectivity index (χ3n) is 2.94. The summed E-state index contributed by atoms with van der Waals surface area (Å²) in [5.74, 6) is 0. The molecular formula is C17H18. The minimum Gasteiger partial charge on any atom is -0.0842 e. The molecule has 0 radical (unpaired) electrons. The summed E-state index contributed by atoms with van der Waals surface area (Å²) in [4.78, 5) is 0. The predicted molar refractivity (Wildman–Crippen MR) is 77.0 cm³/mol. The largest absolute Gasteiger partial charge is 0.0842 e. The molecular weight excluding hydrogens is 204 g/mol. The maximum absolute atomic E-state index is 2.21. The molecule has 0 nitrogen and oxygen atoms in total. The van der Waals surface area contributed by atoms with Gasteiger partial charge in [0.1, 0.15) is 0 Å². The molecule has 0 aliphatic rings. The quantitative estimate of drug-likeness (QED) is 0.625. The maximum Gasteiger partial charge on any atom is -0.0106 e. The van der Waals surface area contributed by atoms with Crippen LogP contribution in [0.15, 0.2) is 60.7 Å². The van der Waals surface area contributed by atoms with Crippen LogP contribution >= 0.6 is 0 Å². The summed E-state index contributed by atoms with van der Waals surface area (Å²) < 4.78 is 0. The van der Waals surface area contributed by atoms with Crippen LogP contribution in [-0.2, 0) is 0 Å². The highest BCUT2D eigenvalue weighted by Gasteiger charge is 2.02. The van der Waals surface area contributed by atoms with E-state index in [1.165, 1.54) is 21.9 Å². The lowest BCUT2D eigenvalue weighted by Crippen LogP contribution is -1.83. The highest BCUT2D eigenvalue weighted by Crippen LogP contribution is 2.25. The SMILES string of the molecule is C/C=C(\C=C/CC)c1cccc2ccccc12. The normalized spacial score (nSPS) is 12.5. The van der Waals surface area contributed by atoms with Crippen LogP contribution in [0.2, 0.25) is 0 Å². The van der Waals surface area contributed by atoms with Gasteiger partial charge in [-0.25, -0.2) is 0 Å². The van der Waals surface area contributed by atoms with Crippen molar-refractivity contribution in [2.45, 2.75) is 20.3 Å². The average molecular weight is 222 g/mol. The number of benzene rings is 2. The molecule has 0 unspecified atom stereocenters. The van der Waals surface area contributed by atoms with Crippen molar-refractivity contribution in [1.29, 1.82) is 0 Å². The van der Waals surface area contributed by atoms with E-state index < -0.39 is 0 Å². The monoisotopic (exact) mass is 222 g/mol. The van der Waals surface area contributed by atoms with Crippen molar-refractivity contribution in [3.05, 3.63) is 66.3 Å². The summed E-state index contributed by atoms with van der Waals surface area (Å²) in [5.41, 5.74) is 2.61. The Balaban J connectivity index is 2.58. The van der Waals surface area contributed by atoms with Crippen molar-refractivity contribution in [3.8, 4) is 0 Å². The minimum atomic E-state index is 1.07. The van der Waals surface area contributed by atoms with Crippen LogP contribution in [0.3, 0.4) is 0 Å². The number of allylic oxidation sites excluding steroid dienone is 4. The third-order valence-corrected chi connectivity index (χ3v) is 2.94. The molecule has 0 N–H and O–H groups in total. The number of fused-ring (bicyclic) bond motifs is 1. The molecule has 0 aliphatic heterocycles. The van der Waals surface area contributed by atoms with Gasteiger partial charge in [-0.1, -0.05) is 67.6 Å². The van der Waals surface area contributed by atoms with Crippen LogP contribution in [0, 0.1) is 0 Å². The fraction of sp³-hybridized carbons (Fsp3) is 0.176. The minimum absolute atomic E-state index is 1.07. The number of hydrogen-bond acceptors (Lipinski definition) is 0. The second-order valence-electron chi connectivity index (χ2n) is 4.08. The van der Waals surface area contributed by atoms with E-state index >= 15 is 0 Å². The van der Waals surface area contributed by atoms with E-state index in [-0.39, 0.29) is 0 Å². The summed E-state index contributed by atoms with van der Waals surface area (Å²) in [6.07, 6.45) is 7.66. The molecule has 0 bridgehead atoms. The molecule has 2 aromatic rings. The van der Waals surface area contributed by atoms with E-state index in [9.17, 15) is 0 Å². The maximum atomic E-state index is 2.21. The smallest absolute Gasteiger partial charge is 0.0106 e. The van der Waals surface area contributed by atoms with Crippen LogP contribution in [0.4, 0.5) is 0 Å². The van der Waals surface area contributed by atoms with Crippen molar-refractivity contribution >= 4 is 16.3 Å². The van der Waals surface area contributed by atoms with Gasteiger partial charge in [0.05, 0.1) is 0 Å². The van der Waals surface area contributed by atoms with Gasteiger partial charge in [-0.3, -0.25) is 0 Å². The van der Waals surface area contributed by atoms with Crippen LogP contribution in [0.25, 0.3) is 16.3 Å². The molecule has 0 atom stereocenters. The molecule has 86 valence electrons. The Bertz CT molecular complexity index is 554. The van der Waals surface area contributed by atoms with Crippen molar-refractivity contribution in [3.63, 3.8) is 0 Å². The van der Waals surface area contributed by atoms with Crippen LogP contribution in [0.1, 0.15) is 25.8 Å². The zero-order valence-electron chi connectivity index (χ0n) is 10.5. The van der Waals surface area contributed by atoms with Crippen LogP contribution in [-0.4, -0.2) is 0 Å². The molecule has 0 aliphatic carbocycles. The Morgan fingerprint density at radius 2 is 1.82 bits per heavy atom. The summed E-state index contributed by atoms with van der Waals surface area (Å²) in [7, 11) is 0. The Labute approximate surface area is 103 Å². The van der Waals surface area contributed by atoms with Gasteiger partial charge in [-0.15, -0.1) is 0 Å². The Hall–Kier alpha value is -1.82. The highest BCUT2D eigenvalue weighted by atomic mass is 14.1. The zero-order valence-corrected chi connectivity index (χ0v) is 10.5. The Kier molecular flexibility index (Phi) is 3.77. The van der Waals surface area contributed by atoms with Crippen molar-refractivity contribution in [1.82, 2.24) is 0 Å². The predicted octanol–water partition coefficient (Wildman–Crippen LogP) is 5.21. The fourth-order valence-electron chi connectivity index (χ4n) is 2.06.